The highest BCUT2D eigenvalue weighted by Gasteiger charge is 2.24. The Kier molecular flexibility index (Phi) is 6.87. The van der Waals surface area contributed by atoms with Crippen LogP contribution in [-0.4, -0.2) is 50.8 Å². The Morgan fingerprint density at radius 3 is 2.56 bits per heavy atom. The fraction of sp³-hybridized carbons (Fsp3) is 0.360. The highest BCUT2D eigenvalue weighted by molar-refractivity contribution is 5.93. The molecule has 7 nitrogen and oxygen atoms in total. The van der Waals surface area contributed by atoms with Crippen molar-refractivity contribution in [1.82, 2.24) is 10.2 Å². The van der Waals surface area contributed by atoms with Gasteiger partial charge in [-0.25, -0.2) is 0 Å². The summed E-state index contributed by atoms with van der Waals surface area (Å²) in [4.78, 5) is 27.7. The standard InChI is InChI=1S/C25H28N2O5/c1-3-17-4-9-23-20(14-17)22(28)15-24(32-23)25(29)26-16-21(27-10-12-31-13-11-27)18-5-7-19(30-2)8-6-18/h4-9,14-15,21H,3,10-13,16H2,1-2H3,(H,26,29)/t21-/m1/s1. The van der Waals surface area contributed by atoms with E-state index < -0.39 is 5.91 Å². The van der Waals surface area contributed by atoms with Crippen molar-refractivity contribution in [3.05, 3.63) is 75.6 Å². The first kappa shape index (κ1) is 22.0. The number of nitrogens with one attached hydrogen (secondary N) is 1. The van der Waals surface area contributed by atoms with Crippen molar-refractivity contribution in [2.75, 3.05) is 40.0 Å². The molecule has 4 rings (SSSR count). The van der Waals surface area contributed by atoms with Gasteiger partial charge in [-0.05, 0) is 41.8 Å². The molecule has 1 aliphatic heterocycles. The predicted octanol–water partition coefficient (Wildman–Crippen LogP) is 3.17. The van der Waals surface area contributed by atoms with Crippen LogP contribution in [0, 0.1) is 0 Å². The zero-order valence-corrected chi connectivity index (χ0v) is 18.4. The molecule has 0 radical (unpaired) electrons. The molecule has 0 bridgehead atoms. The summed E-state index contributed by atoms with van der Waals surface area (Å²) >= 11 is 0. The van der Waals surface area contributed by atoms with E-state index in [-0.39, 0.29) is 17.2 Å². The van der Waals surface area contributed by atoms with Crippen LogP contribution in [0.15, 0.2) is 57.7 Å². The maximum absolute atomic E-state index is 12.9. The minimum Gasteiger partial charge on any atom is -0.497 e. The summed E-state index contributed by atoms with van der Waals surface area (Å²) < 4.78 is 16.5. The van der Waals surface area contributed by atoms with Crippen LogP contribution in [0.25, 0.3) is 11.0 Å². The molecule has 7 heteroatoms. The SMILES string of the molecule is CCc1ccc2oc(C(=O)NC[C@H](c3ccc(OC)cc3)N3CCOCC3)cc(=O)c2c1. The van der Waals surface area contributed by atoms with E-state index in [2.05, 4.69) is 10.2 Å². The van der Waals surface area contributed by atoms with Gasteiger partial charge in [0.25, 0.3) is 5.91 Å². The number of benzene rings is 2. The van der Waals surface area contributed by atoms with Crippen molar-refractivity contribution in [1.29, 1.82) is 0 Å². The third-order valence-electron chi connectivity index (χ3n) is 5.87. The third-order valence-corrected chi connectivity index (χ3v) is 5.87. The zero-order chi connectivity index (χ0) is 22.5. The number of fused-ring (bicyclic) bond motifs is 1. The van der Waals surface area contributed by atoms with E-state index in [1.807, 2.05) is 43.3 Å². The Morgan fingerprint density at radius 2 is 1.88 bits per heavy atom. The van der Waals surface area contributed by atoms with E-state index >= 15 is 0 Å². The molecular formula is C25H28N2O5. The molecule has 1 saturated heterocycles. The molecule has 1 N–H and O–H groups in total. The van der Waals surface area contributed by atoms with Gasteiger partial charge in [-0.15, -0.1) is 0 Å². The normalized spacial score (nSPS) is 15.4. The van der Waals surface area contributed by atoms with Gasteiger partial charge in [-0.3, -0.25) is 14.5 Å². The maximum atomic E-state index is 12.9. The molecule has 2 heterocycles. The van der Waals surface area contributed by atoms with Gasteiger partial charge in [0, 0.05) is 25.7 Å². The quantitative estimate of drug-likeness (QED) is 0.613. The number of carbonyl (C=O) groups is 1. The van der Waals surface area contributed by atoms with Crippen LogP contribution in [0.1, 0.15) is 34.6 Å². The topological polar surface area (TPSA) is 81.0 Å². The largest absolute Gasteiger partial charge is 0.497 e. The Balaban J connectivity index is 1.54. The molecule has 1 aromatic heterocycles. The summed E-state index contributed by atoms with van der Waals surface area (Å²) in [6.45, 7) is 5.26. The molecule has 1 fully saturated rings. The number of amides is 1. The summed E-state index contributed by atoms with van der Waals surface area (Å²) in [6.07, 6.45) is 0.825. The summed E-state index contributed by atoms with van der Waals surface area (Å²) in [5.74, 6) is 0.389. The number of hydrogen-bond donors (Lipinski definition) is 1. The smallest absolute Gasteiger partial charge is 0.287 e. The molecule has 0 saturated carbocycles. The van der Waals surface area contributed by atoms with Gasteiger partial charge >= 0.3 is 0 Å². The Bertz CT molecular complexity index is 1130. The average Bonchev–Trinajstić information content (AvgIpc) is 2.84. The van der Waals surface area contributed by atoms with Gasteiger partial charge in [-0.1, -0.05) is 25.1 Å². The molecule has 0 aliphatic carbocycles. The van der Waals surface area contributed by atoms with Crippen LogP contribution in [0.3, 0.4) is 0 Å². The molecule has 168 valence electrons. The first-order chi connectivity index (χ1) is 15.6. The van der Waals surface area contributed by atoms with Crippen LogP contribution in [0.2, 0.25) is 0 Å². The molecule has 3 aromatic rings. The minimum atomic E-state index is -0.407. The van der Waals surface area contributed by atoms with Gasteiger partial charge in [0.15, 0.2) is 11.2 Å². The van der Waals surface area contributed by atoms with Gasteiger partial charge < -0.3 is 19.2 Å². The Labute approximate surface area is 186 Å². The average molecular weight is 437 g/mol. The van der Waals surface area contributed by atoms with Crippen molar-refractivity contribution in [3.8, 4) is 5.75 Å². The van der Waals surface area contributed by atoms with Crippen LogP contribution in [0.4, 0.5) is 0 Å². The van der Waals surface area contributed by atoms with Crippen molar-refractivity contribution < 1.29 is 18.7 Å². The number of nitrogens with zero attached hydrogens (tertiary/aromatic N) is 1. The first-order valence-electron chi connectivity index (χ1n) is 10.9. The molecule has 32 heavy (non-hydrogen) atoms. The van der Waals surface area contributed by atoms with Crippen molar-refractivity contribution in [2.45, 2.75) is 19.4 Å². The second-order valence-electron chi connectivity index (χ2n) is 7.81. The number of carbonyl (C=O) groups excluding carboxylic acids is 1. The molecule has 1 atom stereocenters. The van der Waals surface area contributed by atoms with E-state index in [0.29, 0.717) is 30.7 Å². The number of methoxy groups -OCH3 is 1. The summed E-state index contributed by atoms with van der Waals surface area (Å²) in [5.41, 5.74) is 2.32. The van der Waals surface area contributed by atoms with Crippen LogP contribution < -0.4 is 15.5 Å². The van der Waals surface area contributed by atoms with Crippen molar-refractivity contribution in [2.24, 2.45) is 0 Å². The van der Waals surface area contributed by atoms with Gasteiger partial charge in [0.05, 0.1) is 31.8 Å². The number of aryl methyl sites for hydroxylation is 1. The molecule has 1 amide bonds. The van der Waals surface area contributed by atoms with Crippen molar-refractivity contribution in [3.63, 3.8) is 0 Å². The lowest BCUT2D eigenvalue weighted by Gasteiger charge is -2.35. The first-order valence-corrected chi connectivity index (χ1v) is 10.9. The molecular weight excluding hydrogens is 408 g/mol. The number of morpholine rings is 1. The number of ether oxygens (including phenoxy) is 2. The highest BCUT2D eigenvalue weighted by Crippen LogP contribution is 2.24. The maximum Gasteiger partial charge on any atom is 0.287 e. The Hall–Kier alpha value is -3.16. The second-order valence-corrected chi connectivity index (χ2v) is 7.81. The lowest BCUT2D eigenvalue weighted by Crippen LogP contribution is -2.43. The fourth-order valence-corrected chi connectivity index (χ4v) is 3.98. The lowest BCUT2D eigenvalue weighted by atomic mass is 10.0. The molecule has 0 spiro atoms. The van der Waals surface area contributed by atoms with Crippen LogP contribution in [0.5, 0.6) is 5.75 Å². The van der Waals surface area contributed by atoms with E-state index in [0.717, 1.165) is 36.4 Å². The lowest BCUT2D eigenvalue weighted by molar-refractivity contribution is 0.0161. The summed E-state index contributed by atoms with van der Waals surface area (Å²) in [7, 11) is 1.63. The van der Waals surface area contributed by atoms with Crippen molar-refractivity contribution >= 4 is 16.9 Å². The van der Waals surface area contributed by atoms with Gasteiger partial charge in [0.1, 0.15) is 11.3 Å². The van der Waals surface area contributed by atoms with E-state index in [1.54, 1.807) is 13.2 Å². The molecule has 2 aromatic carbocycles. The van der Waals surface area contributed by atoms with E-state index in [1.165, 1.54) is 6.07 Å². The molecule has 0 unspecified atom stereocenters. The van der Waals surface area contributed by atoms with Gasteiger partial charge in [-0.2, -0.15) is 0 Å². The zero-order valence-electron chi connectivity index (χ0n) is 18.4. The third kappa shape index (κ3) is 4.84. The Morgan fingerprint density at radius 1 is 1.12 bits per heavy atom. The fourth-order valence-electron chi connectivity index (χ4n) is 3.98. The van der Waals surface area contributed by atoms with E-state index in [9.17, 15) is 9.59 Å². The van der Waals surface area contributed by atoms with Crippen LogP contribution in [-0.2, 0) is 11.2 Å². The van der Waals surface area contributed by atoms with E-state index in [4.69, 9.17) is 13.9 Å². The minimum absolute atomic E-state index is 0.0159. The highest BCUT2D eigenvalue weighted by atomic mass is 16.5. The second kappa shape index (κ2) is 9.97. The monoisotopic (exact) mass is 436 g/mol. The predicted molar refractivity (Wildman–Crippen MR) is 122 cm³/mol. The summed E-state index contributed by atoms with van der Waals surface area (Å²) in [5, 5.41) is 3.44. The molecule has 1 aliphatic rings. The number of rotatable bonds is 7. The number of hydrogen-bond acceptors (Lipinski definition) is 6. The summed E-state index contributed by atoms with van der Waals surface area (Å²) in [6, 6.07) is 14.6. The van der Waals surface area contributed by atoms with Crippen LogP contribution >= 0.6 is 0 Å². The van der Waals surface area contributed by atoms with Gasteiger partial charge in [0.2, 0.25) is 0 Å².